The molecule has 0 aliphatic rings. The van der Waals surface area contributed by atoms with Gasteiger partial charge in [-0.3, -0.25) is 4.79 Å². The third-order valence-electron chi connectivity index (χ3n) is 2.94. The minimum absolute atomic E-state index is 0.214. The fourth-order valence-corrected chi connectivity index (χ4v) is 1.81. The van der Waals surface area contributed by atoms with Gasteiger partial charge in [0.1, 0.15) is 12.4 Å². The first kappa shape index (κ1) is 14.6. The number of benzene rings is 1. The first-order valence-electron chi connectivity index (χ1n) is 6.36. The van der Waals surface area contributed by atoms with Gasteiger partial charge in [-0.05, 0) is 34.5 Å². The van der Waals surface area contributed by atoms with Crippen molar-refractivity contribution in [2.75, 3.05) is 0 Å². The first-order chi connectivity index (χ1) is 9.99. The number of amides is 1. The second-order valence-electron chi connectivity index (χ2n) is 4.84. The molecule has 2 N–H and O–H groups in total. The number of hydrogen-bond donors (Lipinski definition) is 2. The zero-order chi connectivity index (χ0) is 15.4. The van der Waals surface area contributed by atoms with Crippen LogP contribution in [-0.2, 0) is 4.79 Å². The molecule has 0 fully saturated rings. The van der Waals surface area contributed by atoms with Gasteiger partial charge in [0.05, 0.1) is 5.69 Å². The number of aromatic nitrogens is 4. The molecule has 0 saturated heterocycles. The molecule has 0 bridgehead atoms. The van der Waals surface area contributed by atoms with E-state index in [0.29, 0.717) is 11.3 Å². The lowest BCUT2D eigenvalue weighted by atomic mass is 10.0. The number of hydrogen-bond acceptors (Lipinski definition) is 5. The Balaban J connectivity index is 2.20. The van der Waals surface area contributed by atoms with Crippen LogP contribution >= 0.6 is 0 Å². The lowest BCUT2D eigenvalue weighted by Gasteiger charge is -2.18. The lowest BCUT2D eigenvalue weighted by Crippen LogP contribution is -2.44. The van der Waals surface area contributed by atoms with Crippen molar-refractivity contribution in [3.63, 3.8) is 0 Å². The molecule has 0 radical (unpaired) electrons. The third-order valence-corrected chi connectivity index (χ3v) is 2.94. The Morgan fingerprint density at radius 2 is 2.10 bits per heavy atom. The van der Waals surface area contributed by atoms with Crippen LogP contribution in [0.1, 0.15) is 24.2 Å². The summed E-state index contributed by atoms with van der Waals surface area (Å²) in [5.74, 6) is -1.73. The van der Waals surface area contributed by atoms with Gasteiger partial charge in [-0.2, -0.15) is 0 Å². The predicted octanol–water partition coefficient (Wildman–Crippen LogP) is 0.501. The Morgan fingerprint density at radius 1 is 1.33 bits per heavy atom. The third kappa shape index (κ3) is 3.41. The van der Waals surface area contributed by atoms with Gasteiger partial charge >= 0.3 is 5.97 Å². The van der Waals surface area contributed by atoms with Gasteiger partial charge in [-0.1, -0.05) is 19.9 Å². The average Bonchev–Trinajstić information content (AvgIpc) is 2.98. The molecule has 0 aliphatic heterocycles. The smallest absolute Gasteiger partial charge is 0.326 e. The molecule has 1 heterocycles. The molecule has 21 heavy (non-hydrogen) atoms. The second-order valence-corrected chi connectivity index (χ2v) is 4.84. The Bertz CT molecular complexity index is 639. The minimum atomic E-state index is -1.06. The molecule has 8 nitrogen and oxygen atoms in total. The Kier molecular flexibility index (Phi) is 4.27. The van der Waals surface area contributed by atoms with Crippen LogP contribution in [0.5, 0.6) is 0 Å². The molecule has 1 amide bonds. The maximum absolute atomic E-state index is 12.2. The molecule has 0 saturated carbocycles. The highest BCUT2D eigenvalue weighted by Gasteiger charge is 2.24. The summed E-state index contributed by atoms with van der Waals surface area (Å²) < 4.78 is 1.41. The van der Waals surface area contributed by atoms with Crippen molar-refractivity contribution >= 4 is 11.9 Å². The maximum Gasteiger partial charge on any atom is 0.326 e. The van der Waals surface area contributed by atoms with Gasteiger partial charge in [0.2, 0.25) is 0 Å². The average molecular weight is 289 g/mol. The summed E-state index contributed by atoms with van der Waals surface area (Å²) in [6.07, 6.45) is 1.41. The number of carboxylic acids is 1. The molecule has 1 atom stereocenters. The summed E-state index contributed by atoms with van der Waals surface area (Å²) in [5, 5.41) is 22.4. The van der Waals surface area contributed by atoms with Gasteiger partial charge in [0.25, 0.3) is 5.91 Å². The number of tetrazole rings is 1. The Hall–Kier alpha value is -2.77. The monoisotopic (exact) mass is 289 g/mol. The van der Waals surface area contributed by atoms with Crippen LogP contribution in [0.2, 0.25) is 0 Å². The van der Waals surface area contributed by atoms with Crippen LogP contribution in [0.15, 0.2) is 30.6 Å². The molecule has 2 aromatic rings. The molecule has 0 spiro atoms. The molecule has 2 rings (SSSR count). The summed E-state index contributed by atoms with van der Waals surface area (Å²) in [5.41, 5.74) is 0.957. The van der Waals surface area contributed by atoms with Crippen LogP contribution in [0.3, 0.4) is 0 Å². The zero-order valence-corrected chi connectivity index (χ0v) is 11.6. The molecule has 110 valence electrons. The van der Waals surface area contributed by atoms with Crippen LogP contribution in [0, 0.1) is 5.92 Å². The van der Waals surface area contributed by atoms with Crippen molar-refractivity contribution in [1.29, 1.82) is 0 Å². The number of aliphatic carboxylic acids is 1. The SMILES string of the molecule is CC(C)C(NC(=O)c1cccc(-n2cnnn2)c1)C(=O)O. The number of carbonyl (C=O) groups is 2. The van der Waals surface area contributed by atoms with Crippen molar-refractivity contribution in [1.82, 2.24) is 25.5 Å². The van der Waals surface area contributed by atoms with E-state index in [-0.39, 0.29) is 5.92 Å². The van der Waals surface area contributed by atoms with E-state index in [1.165, 1.54) is 11.0 Å². The second kappa shape index (κ2) is 6.12. The van der Waals surface area contributed by atoms with E-state index in [2.05, 4.69) is 20.8 Å². The van der Waals surface area contributed by atoms with Crippen molar-refractivity contribution < 1.29 is 14.7 Å². The number of rotatable bonds is 5. The van der Waals surface area contributed by atoms with E-state index in [9.17, 15) is 9.59 Å². The van der Waals surface area contributed by atoms with Crippen molar-refractivity contribution in [3.05, 3.63) is 36.2 Å². The van der Waals surface area contributed by atoms with Crippen molar-refractivity contribution in [2.45, 2.75) is 19.9 Å². The van der Waals surface area contributed by atoms with Gasteiger partial charge < -0.3 is 10.4 Å². The topological polar surface area (TPSA) is 110 Å². The molecule has 8 heteroatoms. The fourth-order valence-electron chi connectivity index (χ4n) is 1.81. The molecule has 1 aromatic heterocycles. The molecule has 1 aromatic carbocycles. The fraction of sp³-hybridized carbons (Fsp3) is 0.308. The zero-order valence-electron chi connectivity index (χ0n) is 11.6. The molecular weight excluding hydrogens is 274 g/mol. The summed E-state index contributed by atoms with van der Waals surface area (Å²) in [6, 6.07) is 5.67. The van der Waals surface area contributed by atoms with Crippen molar-refractivity contribution in [3.8, 4) is 5.69 Å². The molecular formula is C13H15N5O3. The van der Waals surface area contributed by atoms with Crippen LogP contribution < -0.4 is 5.32 Å². The van der Waals surface area contributed by atoms with E-state index in [1.54, 1.807) is 38.1 Å². The normalized spacial score (nSPS) is 12.1. The lowest BCUT2D eigenvalue weighted by molar-refractivity contribution is -0.140. The first-order valence-corrected chi connectivity index (χ1v) is 6.36. The number of nitrogens with zero attached hydrogens (tertiary/aromatic N) is 4. The Labute approximate surface area is 120 Å². The van der Waals surface area contributed by atoms with E-state index in [4.69, 9.17) is 5.11 Å². The Morgan fingerprint density at radius 3 is 2.67 bits per heavy atom. The quantitative estimate of drug-likeness (QED) is 0.829. The molecule has 0 aliphatic carbocycles. The van der Waals surface area contributed by atoms with Crippen LogP contribution in [0.25, 0.3) is 5.69 Å². The van der Waals surface area contributed by atoms with Crippen LogP contribution in [-0.4, -0.2) is 43.2 Å². The number of nitrogens with one attached hydrogen (secondary N) is 1. The number of carbonyl (C=O) groups excluding carboxylic acids is 1. The van der Waals surface area contributed by atoms with Gasteiger partial charge in [-0.15, -0.1) is 5.10 Å². The van der Waals surface area contributed by atoms with Gasteiger partial charge in [0, 0.05) is 5.56 Å². The summed E-state index contributed by atoms with van der Waals surface area (Å²) in [4.78, 5) is 23.3. The molecule has 1 unspecified atom stereocenters. The number of carboxylic acid groups (broad SMARTS) is 1. The standard InChI is InChI=1S/C13H15N5O3/c1-8(2)11(13(20)21)15-12(19)9-4-3-5-10(6-9)18-7-14-16-17-18/h3-8,11H,1-2H3,(H,15,19)(H,20,21). The van der Waals surface area contributed by atoms with Crippen LogP contribution in [0.4, 0.5) is 0 Å². The highest BCUT2D eigenvalue weighted by molar-refractivity contribution is 5.97. The van der Waals surface area contributed by atoms with E-state index in [1.807, 2.05) is 0 Å². The van der Waals surface area contributed by atoms with Crippen molar-refractivity contribution in [2.24, 2.45) is 5.92 Å². The summed E-state index contributed by atoms with van der Waals surface area (Å²) >= 11 is 0. The predicted molar refractivity (Wildman–Crippen MR) is 72.9 cm³/mol. The van der Waals surface area contributed by atoms with E-state index in [0.717, 1.165) is 0 Å². The maximum atomic E-state index is 12.2. The summed E-state index contributed by atoms with van der Waals surface area (Å²) in [6.45, 7) is 3.47. The van der Waals surface area contributed by atoms with Gasteiger partial charge in [-0.25, -0.2) is 9.48 Å². The summed E-state index contributed by atoms with van der Waals surface area (Å²) in [7, 11) is 0. The van der Waals surface area contributed by atoms with E-state index < -0.39 is 17.9 Å². The highest BCUT2D eigenvalue weighted by Crippen LogP contribution is 2.10. The van der Waals surface area contributed by atoms with Gasteiger partial charge in [0.15, 0.2) is 0 Å². The largest absolute Gasteiger partial charge is 0.480 e. The minimum Gasteiger partial charge on any atom is -0.480 e. The highest BCUT2D eigenvalue weighted by atomic mass is 16.4. The van der Waals surface area contributed by atoms with E-state index >= 15 is 0 Å².